The molecule has 1 heterocycles. The molecular formula is C34H26FIrN2-. The van der Waals surface area contributed by atoms with Crippen molar-refractivity contribution >= 4 is 0 Å². The average molecular weight is 674 g/mol. The van der Waals surface area contributed by atoms with E-state index in [1.807, 2.05) is 24.4 Å². The molecule has 189 valence electrons. The van der Waals surface area contributed by atoms with Gasteiger partial charge in [-0.1, -0.05) is 98.4 Å². The second-order valence-corrected chi connectivity index (χ2v) is 8.56. The van der Waals surface area contributed by atoms with Gasteiger partial charge in [-0.25, -0.2) is 0 Å². The molecule has 6 aromatic rings. The third-order valence-electron chi connectivity index (χ3n) is 6.28. The number of nitrogens with zero attached hydrogens (tertiary/aromatic N) is 2. The summed E-state index contributed by atoms with van der Waals surface area (Å²) in [5, 5.41) is 0. The van der Waals surface area contributed by atoms with Crippen molar-refractivity contribution in [2.75, 3.05) is 0 Å². The molecule has 6 rings (SSSR count). The molecule has 0 N–H and O–H groups in total. The first-order valence-electron chi connectivity index (χ1n) is 11.8. The number of rotatable bonds is 5. The van der Waals surface area contributed by atoms with Gasteiger partial charge in [-0.3, -0.25) is 9.37 Å². The van der Waals surface area contributed by atoms with Crippen LogP contribution in [0.4, 0.5) is 4.39 Å². The molecule has 0 aliphatic rings. The summed E-state index contributed by atoms with van der Waals surface area (Å²) in [6, 6.07) is 43.2. The summed E-state index contributed by atoms with van der Waals surface area (Å²) in [6.07, 6.45) is 3.74. The van der Waals surface area contributed by atoms with Crippen molar-refractivity contribution in [2.24, 2.45) is 0 Å². The summed E-state index contributed by atoms with van der Waals surface area (Å²) in [5.41, 5.74) is 8.39. The predicted octanol–water partition coefficient (Wildman–Crippen LogP) is 9.11. The van der Waals surface area contributed by atoms with Crippen LogP contribution in [-0.4, -0.2) is 9.55 Å². The van der Waals surface area contributed by atoms with Crippen molar-refractivity contribution in [1.82, 2.24) is 9.55 Å². The number of halogens is 1. The molecule has 2 nitrogen and oxygen atoms in total. The maximum Gasteiger partial charge on any atom is 0.0603 e. The Hall–Kier alpha value is -4.11. The molecule has 0 saturated heterocycles. The van der Waals surface area contributed by atoms with Gasteiger partial charge in [0.25, 0.3) is 0 Å². The summed E-state index contributed by atoms with van der Waals surface area (Å²) in [6.45, 7) is 0. The maximum absolute atomic E-state index is 13.7. The molecule has 4 heteroatoms. The Balaban J connectivity index is 0.00000168. The van der Waals surface area contributed by atoms with Crippen LogP contribution in [0.25, 0.3) is 50.5 Å². The number of hydrogen-bond acceptors (Lipinski definition) is 1. The number of imidazole rings is 1. The minimum atomic E-state index is -0.320. The number of hydrogen-bond donors (Lipinski definition) is 0. The van der Waals surface area contributed by atoms with E-state index in [2.05, 4.69) is 101 Å². The Morgan fingerprint density at radius 1 is 0.632 bits per heavy atom. The largest absolute Gasteiger partial charge is 0.339 e. The van der Waals surface area contributed by atoms with Gasteiger partial charge >= 0.3 is 0 Å². The first kappa shape index (κ1) is 26.9. The molecule has 1 radical (unpaired) electrons. The molecule has 1 aromatic heterocycles. The Morgan fingerprint density at radius 2 is 1.16 bits per heavy atom. The van der Waals surface area contributed by atoms with Crippen LogP contribution in [0, 0.1) is 11.9 Å². The van der Waals surface area contributed by atoms with Crippen molar-refractivity contribution in [3.05, 3.63) is 146 Å². The van der Waals surface area contributed by atoms with Gasteiger partial charge < -0.3 is 4.57 Å². The normalized spacial score (nSPS) is 10.3. The van der Waals surface area contributed by atoms with Crippen LogP contribution in [0.3, 0.4) is 0 Å². The van der Waals surface area contributed by atoms with Crippen LogP contribution < -0.4 is 0 Å². The van der Waals surface area contributed by atoms with Crippen LogP contribution in [0.1, 0.15) is 7.43 Å². The molecule has 0 unspecified atom stereocenters. The summed E-state index contributed by atoms with van der Waals surface area (Å²) in [4.78, 5) is 4.65. The quantitative estimate of drug-likeness (QED) is 0.167. The zero-order valence-corrected chi connectivity index (χ0v) is 22.2. The molecule has 0 fully saturated rings. The van der Waals surface area contributed by atoms with Crippen LogP contribution >= 0.6 is 0 Å². The molecule has 0 aliphatic heterocycles. The SMILES string of the molecule is C.Fc1c[c-]c(-c2nccn2-c2c(-c3ccccc3)cc(-c3ccccc3)cc2-c2ccccc2)cc1.[Ir]. The minimum absolute atomic E-state index is 0. The fourth-order valence-corrected chi connectivity index (χ4v) is 4.59. The Bertz CT molecular complexity index is 1550. The van der Waals surface area contributed by atoms with E-state index < -0.39 is 0 Å². The van der Waals surface area contributed by atoms with Gasteiger partial charge in [0.1, 0.15) is 0 Å². The Morgan fingerprint density at radius 3 is 1.66 bits per heavy atom. The third kappa shape index (κ3) is 5.28. The average Bonchev–Trinajstić information content (AvgIpc) is 3.44. The Labute approximate surface area is 236 Å². The topological polar surface area (TPSA) is 17.8 Å². The smallest absolute Gasteiger partial charge is 0.0603 e. The van der Waals surface area contributed by atoms with Gasteiger partial charge in [-0.15, -0.1) is 29.8 Å². The monoisotopic (exact) mass is 674 g/mol. The zero-order chi connectivity index (χ0) is 24.3. The summed E-state index contributed by atoms with van der Waals surface area (Å²) < 4.78 is 15.8. The maximum atomic E-state index is 13.7. The first-order chi connectivity index (χ1) is 17.8. The first-order valence-corrected chi connectivity index (χ1v) is 11.8. The standard InChI is InChI=1S/C33H22FN2.CH4.Ir/c34-29-18-16-27(17-19-29)33-35-20-21-36(33)32-30(25-12-6-2-7-13-25)22-28(24-10-4-1-5-11-24)23-31(32)26-14-8-3-9-15-26;;/h1-16,18-23H;1H4;/q-1;;. The molecule has 0 aliphatic carbocycles. The zero-order valence-electron chi connectivity index (χ0n) is 19.8. The third-order valence-corrected chi connectivity index (χ3v) is 6.28. The van der Waals surface area contributed by atoms with E-state index in [1.165, 1.54) is 12.1 Å². The van der Waals surface area contributed by atoms with E-state index in [9.17, 15) is 4.39 Å². The van der Waals surface area contributed by atoms with Gasteiger partial charge in [-0.05, 0) is 34.4 Å². The summed E-state index contributed by atoms with van der Waals surface area (Å²) in [7, 11) is 0. The van der Waals surface area contributed by atoms with E-state index in [0.717, 1.165) is 44.6 Å². The van der Waals surface area contributed by atoms with Gasteiger partial charge in [-0.2, -0.15) is 0 Å². The Kier molecular flexibility index (Phi) is 8.48. The van der Waals surface area contributed by atoms with Gasteiger partial charge in [0.2, 0.25) is 0 Å². The van der Waals surface area contributed by atoms with Gasteiger partial charge in [0, 0.05) is 49.4 Å². The van der Waals surface area contributed by atoms with Crippen molar-refractivity contribution in [1.29, 1.82) is 0 Å². The second kappa shape index (κ2) is 12.0. The van der Waals surface area contributed by atoms with E-state index in [0.29, 0.717) is 5.82 Å². The van der Waals surface area contributed by atoms with Crippen LogP contribution in [-0.2, 0) is 20.1 Å². The van der Waals surface area contributed by atoms with Gasteiger partial charge in [0.15, 0.2) is 0 Å². The van der Waals surface area contributed by atoms with E-state index in [-0.39, 0.29) is 33.3 Å². The fraction of sp³-hybridized carbons (Fsp3) is 0.0294. The molecule has 0 amide bonds. The van der Waals surface area contributed by atoms with Crippen molar-refractivity contribution in [3.8, 4) is 50.5 Å². The molecule has 0 bridgehead atoms. The molecular weight excluding hydrogens is 648 g/mol. The molecule has 5 aromatic carbocycles. The van der Waals surface area contributed by atoms with Crippen molar-refractivity contribution in [2.45, 2.75) is 7.43 Å². The van der Waals surface area contributed by atoms with Gasteiger partial charge in [0.05, 0.1) is 11.5 Å². The van der Waals surface area contributed by atoms with E-state index in [1.54, 1.807) is 12.3 Å². The van der Waals surface area contributed by atoms with Crippen LogP contribution in [0.2, 0.25) is 0 Å². The fourth-order valence-electron chi connectivity index (χ4n) is 4.59. The van der Waals surface area contributed by atoms with Crippen LogP contribution in [0.5, 0.6) is 0 Å². The summed E-state index contributed by atoms with van der Waals surface area (Å²) in [5.74, 6) is 0.385. The predicted molar refractivity (Wildman–Crippen MR) is 151 cm³/mol. The van der Waals surface area contributed by atoms with E-state index in [4.69, 9.17) is 0 Å². The molecule has 0 atom stereocenters. The van der Waals surface area contributed by atoms with Crippen molar-refractivity contribution in [3.63, 3.8) is 0 Å². The minimum Gasteiger partial charge on any atom is -0.339 e. The second-order valence-electron chi connectivity index (χ2n) is 8.56. The van der Waals surface area contributed by atoms with E-state index >= 15 is 0 Å². The summed E-state index contributed by atoms with van der Waals surface area (Å²) >= 11 is 0. The number of benzene rings is 5. The van der Waals surface area contributed by atoms with Crippen molar-refractivity contribution < 1.29 is 24.5 Å². The molecule has 0 spiro atoms. The number of aromatic nitrogens is 2. The molecule has 38 heavy (non-hydrogen) atoms. The van der Waals surface area contributed by atoms with Crippen LogP contribution in [0.15, 0.2) is 134 Å². The molecule has 0 saturated carbocycles.